The van der Waals surface area contributed by atoms with Crippen molar-refractivity contribution in [1.29, 1.82) is 0 Å². The van der Waals surface area contributed by atoms with E-state index in [-0.39, 0.29) is 5.91 Å². The highest BCUT2D eigenvalue weighted by Gasteiger charge is 2.02. The van der Waals surface area contributed by atoms with E-state index in [1.165, 1.54) is 11.7 Å². The van der Waals surface area contributed by atoms with E-state index >= 15 is 0 Å². The zero-order valence-corrected chi connectivity index (χ0v) is 6.01. The van der Waals surface area contributed by atoms with Gasteiger partial charge in [-0.25, -0.2) is 0 Å². The average Bonchev–Trinajstić information content (AvgIpc) is 1.63. The SMILES string of the molecule is C=[N+](NC(C)=O)N(C)C. The van der Waals surface area contributed by atoms with Crippen LogP contribution in [0, 0.1) is 0 Å². The van der Waals surface area contributed by atoms with Crippen LogP contribution >= 0.6 is 0 Å². The van der Waals surface area contributed by atoms with Crippen LogP contribution in [0.15, 0.2) is 0 Å². The van der Waals surface area contributed by atoms with Gasteiger partial charge in [0, 0.05) is 6.92 Å². The number of carbonyl (C=O) groups excluding carboxylic acids is 1. The van der Waals surface area contributed by atoms with E-state index in [0.717, 1.165) is 0 Å². The minimum Gasteiger partial charge on any atom is -0.270 e. The number of rotatable bonds is 2. The van der Waals surface area contributed by atoms with Crippen LogP contribution in [0.4, 0.5) is 0 Å². The van der Waals surface area contributed by atoms with Crippen LogP contribution in [-0.2, 0) is 4.79 Å². The van der Waals surface area contributed by atoms with Crippen molar-refractivity contribution in [2.24, 2.45) is 0 Å². The van der Waals surface area contributed by atoms with Gasteiger partial charge in [0.15, 0.2) is 6.72 Å². The molecule has 0 heterocycles. The second-order valence-electron chi connectivity index (χ2n) is 1.91. The molecule has 0 fully saturated rings. The Morgan fingerprint density at radius 3 is 2.22 bits per heavy atom. The van der Waals surface area contributed by atoms with Crippen molar-refractivity contribution >= 4 is 12.6 Å². The van der Waals surface area contributed by atoms with Crippen LogP contribution < -0.4 is 5.43 Å². The van der Waals surface area contributed by atoms with Gasteiger partial charge in [-0.1, -0.05) is 0 Å². The van der Waals surface area contributed by atoms with Gasteiger partial charge in [-0.05, 0) is 4.79 Å². The highest BCUT2D eigenvalue weighted by Crippen LogP contribution is 1.69. The maximum absolute atomic E-state index is 10.3. The van der Waals surface area contributed by atoms with E-state index in [9.17, 15) is 4.79 Å². The fourth-order valence-corrected chi connectivity index (χ4v) is 0.282. The molecule has 0 atom stereocenters. The molecule has 9 heavy (non-hydrogen) atoms. The summed E-state index contributed by atoms with van der Waals surface area (Å²) < 4.78 is 0. The van der Waals surface area contributed by atoms with E-state index < -0.39 is 0 Å². The summed E-state index contributed by atoms with van der Waals surface area (Å²) in [7, 11) is 3.56. The van der Waals surface area contributed by atoms with Gasteiger partial charge in [0.25, 0.3) is 5.91 Å². The first-order chi connectivity index (χ1) is 4.04. The third-order valence-electron chi connectivity index (χ3n) is 0.769. The van der Waals surface area contributed by atoms with Crippen molar-refractivity contribution in [2.75, 3.05) is 14.1 Å². The highest BCUT2D eigenvalue weighted by atomic mass is 16.2. The molecular weight excluding hydrogens is 118 g/mol. The van der Waals surface area contributed by atoms with Crippen LogP contribution in [-0.4, -0.2) is 36.5 Å². The van der Waals surface area contributed by atoms with Crippen molar-refractivity contribution in [2.45, 2.75) is 6.92 Å². The van der Waals surface area contributed by atoms with Gasteiger partial charge in [0.1, 0.15) is 0 Å². The lowest BCUT2D eigenvalue weighted by atomic mass is 10.8. The number of hydrogen-bond donors (Lipinski definition) is 1. The zero-order valence-electron chi connectivity index (χ0n) is 6.01. The number of hydrogen-bond acceptors (Lipinski definition) is 2. The zero-order chi connectivity index (χ0) is 7.44. The predicted octanol–water partition coefficient (Wildman–Crippen LogP) is -0.773. The first-order valence-corrected chi connectivity index (χ1v) is 2.59. The molecule has 0 aromatic carbocycles. The first-order valence-electron chi connectivity index (χ1n) is 2.59. The summed E-state index contributed by atoms with van der Waals surface area (Å²) in [6, 6.07) is 0. The maximum atomic E-state index is 10.3. The Balaban J connectivity index is 3.64. The summed E-state index contributed by atoms with van der Waals surface area (Å²) in [6.07, 6.45) is 0. The van der Waals surface area contributed by atoms with Gasteiger partial charge in [-0.3, -0.25) is 4.79 Å². The van der Waals surface area contributed by atoms with E-state index in [1.54, 1.807) is 19.1 Å². The Kier molecular flexibility index (Phi) is 2.70. The molecule has 0 aliphatic heterocycles. The summed E-state index contributed by atoms with van der Waals surface area (Å²) in [5, 5.41) is 1.65. The van der Waals surface area contributed by atoms with E-state index in [0.29, 0.717) is 0 Å². The molecule has 0 saturated carbocycles. The number of hydrazine groups is 2. The molecule has 4 heteroatoms. The second-order valence-corrected chi connectivity index (χ2v) is 1.91. The summed E-state index contributed by atoms with van der Waals surface area (Å²) in [5.41, 5.74) is 2.45. The Hall–Kier alpha value is -1.06. The van der Waals surface area contributed by atoms with Crippen molar-refractivity contribution < 1.29 is 9.59 Å². The van der Waals surface area contributed by atoms with Crippen LogP contribution in [0.5, 0.6) is 0 Å². The first kappa shape index (κ1) is 7.94. The lowest BCUT2D eigenvalue weighted by Gasteiger charge is -2.05. The molecule has 1 N–H and O–H groups in total. The largest absolute Gasteiger partial charge is 0.274 e. The third-order valence-corrected chi connectivity index (χ3v) is 0.769. The molecule has 0 aromatic rings. The lowest BCUT2D eigenvalue weighted by molar-refractivity contribution is -0.709. The van der Waals surface area contributed by atoms with Crippen molar-refractivity contribution in [3.05, 3.63) is 0 Å². The van der Waals surface area contributed by atoms with Gasteiger partial charge in [0.05, 0.1) is 14.1 Å². The highest BCUT2D eigenvalue weighted by molar-refractivity contribution is 5.71. The molecular formula is C5H12N3O+. The molecule has 0 aliphatic carbocycles. The lowest BCUT2D eigenvalue weighted by Crippen LogP contribution is -2.40. The minimum atomic E-state index is -0.126. The molecule has 4 nitrogen and oxygen atoms in total. The standard InChI is InChI=1S/C5H11N3O/c1-5(9)6-8(4)7(2)3/h4H2,1-3H3/p+1. The molecule has 0 radical (unpaired) electrons. The Morgan fingerprint density at radius 1 is 1.67 bits per heavy atom. The van der Waals surface area contributed by atoms with Crippen LogP contribution in [0.2, 0.25) is 0 Å². The van der Waals surface area contributed by atoms with Gasteiger partial charge in [-0.2, -0.15) is 5.01 Å². The van der Waals surface area contributed by atoms with Crippen molar-refractivity contribution in [1.82, 2.24) is 10.4 Å². The quantitative estimate of drug-likeness (QED) is 0.302. The third kappa shape index (κ3) is 3.52. The normalized spacial score (nSPS) is 8.33. The van der Waals surface area contributed by atoms with E-state index in [4.69, 9.17) is 0 Å². The van der Waals surface area contributed by atoms with E-state index in [2.05, 4.69) is 12.1 Å². The summed E-state index contributed by atoms with van der Waals surface area (Å²) >= 11 is 0. The number of amides is 1. The molecule has 52 valence electrons. The topological polar surface area (TPSA) is 35.4 Å². The second kappa shape index (κ2) is 3.06. The molecule has 0 aliphatic rings. The number of nitrogens with one attached hydrogen (secondary N) is 1. The maximum Gasteiger partial charge on any atom is 0.274 e. The van der Waals surface area contributed by atoms with Crippen LogP contribution in [0.1, 0.15) is 6.92 Å². The van der Waals surface area contributed by atoms with Gasteiger partial charge >= 0.3 is 0 Å². The average molecular weight is 130 g/mol. The molecule has 0 aromatic heterocycles. The fourth-order valence-electron chi connectivity index (χ4n) is 0.282. The fraction of sp³-hybridized carbons (Fsp3) is 0.600. The molecule has 0 bridgehead atoms. The molecule has 0 rings (SSSR count). The van der Waals surface area contributed by atoms with Crippen molar-refractivity contribution in [3.63, 3.8) is 0 Å². The van der Waals surface area contributed by atoms with Gasteiger partial charge in [-0.15, -0.1) is 5.43 Å². The Morgan fingerprint density at radius 2 is 2.11 bits per heavy atom. The van der Waals surface area contributed by atoms with Gasteiger partial charge < -0.3 is 0 Å². The van der Waals surface area contributed by atoms with E-state index in [1.807, 2.05) is 0 Å². The molecule has 0 saturated heterocycles. The summed E-state index contributed by atoms with van der Waals surface area (Å²) in [5.74, 6) is -0.126. The van der Waals surface area contributed by atoms with Crippen LogP contribution in [0.3, 0.4) is 0 Å². The molecule has 0 unspecified atom stereocenters. The number of carbonyl (C=O) groups is 1. The number of nitrogens with zero attached hydrogens (tertiary/aromatic N) is 2. The van der Waals surface area contributed by atoms with Crippen LogP contribution in [0.25, 0.3) is 0 Å². The van der Waals surface area contributed by atoms with Gasteiger partial charge in [0.2, 0.25) is 0 Å². The number of hydrazone groups is 2. The minimum absolute atomic E-state index is 0.126. The molecule has 1 amide bonds. The monoisotopic (exact) mass is 130 g/mol. The smallest absolute Gasteiger partial charge is 0.270 e. The predicted molar refractivity (Wildman–Crippen MR) is 34.9 cm³/mol. The Bertz CT molecular complexity index is 130. The Labute approximate surface area is 54.7 Å². The summed E-state index contributed by atoms with van der Waals surface area (Å²) in [4.78, 5) is 11.7. The summed E-state index contributed by atoms with van der Waals surface area (Å²) in [6.45, 7) is 4.94. The van der Waals surface area contributed by atoms with Crippen molar-refractivity contribution in [3.8, 4) is 0 Å². The molecule has 0 spiro atoms.